The molecule has 0 unspecified atom stereocenters. The number of rotatable bonds is 6. The number of piperidine rings is 1. The molecule has 0 aromatic carbocycles. The molecule has 5 rings (SSSR count). The van der Waals surface area contributed by atoms with E-state index < -0.39 is 11.7 Å². The number of fused-ring (bicyclic) bond motifs is 1. The highest BCUT2D eigenvalue weighted by Crippen LogP contribution is 2.41. The van der Waals surface area contributed by atoms with Crippen molar-refractivity contribution in [3.63, 3.8) is 0 Å². The molecule has 2 aliphatic rings. The van der Waals surface area contributed by atoms with Gasteiger partial charge in [0.25, 0.3) is 0 Å². The Balaban J connectivity index is 0.00000190. The molecule has 0 bridgehead atoms. The fourth-order valence-corrected chi connectivity index (χ4v) is 5.82. The number of nitrogens with one attached hydrogen (secondary N) is 1. The van der Waals surface area contributed by atoms with E-state index in [1.807, 2.05) is 0 Å². The van der Waals surface area contributed by atoms with E-state index in [-0.39, 0.29) is 19.7 Å². The number of alkyl halides is 3. The van der Waals surface area contributed by atoms with Crippen LogP contribution in [-0.2, 0) is 6.18 Å². The fourth-order valence-electron chi connectivity index (χ4n) is 5.82. The largest absolute Gasteiger partial charge is 0.418 e. The quantitative estimate of drug-likeness (QED) is 0.515. The van der Waals surface area contributed by atoms with Gasteiger partial charge in [0.1, 0.15) is 11.5 Å². The number of aromatic amines is 1. The van der Waals surface area contributed by atoms with Crippen molar-refractivity contribution in [2.24, 2.45) is 17.1 Å². The lowest BCUT2D eigenvalue weighted by Crippen LogP contribution is -2.64. The van der Waals surface area contributed by atoms with Gasteiger partial charge in [-0.1, -0.05) is 13.8 Å². The molecule has 2 fully saturated rings. The van der Waals surface area contributed by atoms with Crippen LogP contribution in [-0.4, -0.2) is 63.8 Å². The molecule has 5 heterocycles. The Morgan fingerprint density at radius 1 is 1.20 bits per heavy atom. The molecule has 3 aromatic rings. The third-order valence-corrected chi connectivity index (χ3v) is 7.41. The molecule has 10 heteroatoms. The Kier molecular flexibility index (Phi) is 6.21. The maximum atomic E-state index is 13.9. The molecule has 0 amide bonds. The smallest absolute Gasteiger partial charge is 0.356 e. The van der Waals surface area contributed by atoms with Crippen LogP contribution in [0.5, 0.6) is 0 Å². The average molecular weight is 492 g/mol. The first kappa shape index (κ1) is 24.0. The molecule has 35 heavy (non-hydrogen) atoms. The highest BCUT2D eigenvalue weighted by molar-refractivity contribution is 5.90. The van der Waals surface area contributed by atoms with Crippen molar-refractivity contribution in [2.75, 3.05) is 37.6 Å². The first-order chi connectivity index (χ1) is 16.7. The summed E-state index contributed by atoms with van der Waals surface area (Å²) in [7, 11) is 0. The van der Waals surface area contributed by atoms with Gasteiger partial charge in [0.05, 0.1) is 11.3 Å². The minimum atomic E-state index is -4.53. The summed E-state index contributed by atoms with van der Waals surface area (Å²) < 4.78 is 41.6. The van der Waals surface area contributed by atoms with Gasteiger partial charge >= 0.3 is 6.18 Å². The second kappa shape index (κ2) is 9.05. The van der Waals surface area contributed by atoms with E-state index in [4.69, 9.17) is 5.73 Å². The fraction of sp³-hybridized carbons (Fsp3) is 0.560. The summed E-state index contributed by atoms with van der Waals surface area (Å²) in [6.45, 7) is 8.79. The zero-order valence-electron chi connectivity index (χ0n) is 20.1. The van der Waals surface area contributed by atoms with Crippen molar-refractivity contribution in [3.05, 3.63) is 36.0 Å². The summed E-state index contributed by atoms with van der Waals surface area (Å²) >= 11 is 0. The number of nitrogens with two attached hydrogens (primary N) is 1. The molecule has 2 aliphatic heterocycles. The van der Waals surface area contributed by atoms with Gasteiger partial charge in [-0.2, -0.15) is 18.3 Å². The third kappa shape index (κ3) is 4.61. The Labute approximate surface area is 205 Å². The molecular formula is C25H36F3N7. The van der Waals surface area contributed by atoms with Crippen molar-refractivity contribution in [3.8, 4) is 11.4 Å². The van der Waals surface area contributed by atoms with E-state index >= 15 is 0 Å². The van der Waals surface area contributed by atoms with Crippen LogP contribution in [0.15, 0.2) is 30.5 Å². The maximum absolute atomic E-state index is 13.9. The van der Waals surface area contributed by atoms with Crippen LogP contribution in [0.2, 0.25) is 0 Å². The lowest BCUT2D eigenvalue weighted by molar-refractivity contribution is -0.137. The van der Waals surface area contributed by atoms with Crippen molar-refractivity contribution in [1.82, 2.24) is 25.1 Å². The summed E-state index contributed by atoms with van der Waals surface area (Å²) in [5.74, 6) is 1.18. The molecule has 0 atom stereocenters. The highest BCUT2D eigenvalue weighted by atomic mass is 19.4. The minimum Gasteiger partial charge on any atom is -0.356 e. The number of likely N-dealkylation sites (tertiary alicyclic amines) is 1. The van der Waals surface area contributed by atoms with Crippen LogP contribution < -0.4 is 10.6 Å². The maximum Gasteiger partial charge on any atom is 0.418 e. The average Bonchev–Trinajstić information content (AvgIpc) is 3.24. The van der Waals surface area contributed by atoms with Gasteiger partial charge in [0, 0.05) is 58.6 Å². The Morgan fingerprint density at radius 3 is 2.60 bits per heavy atom. The SMILES string of the molecule is CC(C)CC1(CN)CN(C2CCN(c3ccc(C(F)(F)F)c(-c4[nH]nc5ncccc45)n3)CC2)C1.[HH].[HH]. The van der Waals surface area contributed by atoms with Gasteiger partial charge in [-0.15, -0.1) is 0 Å². The number of pyridine rings is 2. The standard InChI is InChI=1S/C25H32F3N7.2H2/c1-16(2)12-24(13-29)14-35(15-24)17-7-10-34(11-8-17)20-6-5-19(25(26,27)28)22(31-20)21-18-4-3-9-30-23(18)33-32-21;;/h3-6,9,16-17H,7-8,10-15,29H2,1-2H3,(H,30,32,33);2*1H. The number of hydrogen-bond acceptors (Lipinski definition) is 6. The number of aromatic nitrogens is 4. The van der Waals surface area contributed by atoms with Crippen molar-refractivity contribution in [1.29, 1.82) is 0 Å². The topological polar surface area (TPSA) is 87.0 Å². The van der Waals surface area contributed by atoms with E-state index in [9.17, 15) is 13.2 Å². The molecule has 2 saturated heterocycles. The van der Waals surface area contributed by atoms with Gasteiger partial charge in [-0.05, 0) is 49.4 Å². The third-order valence-electron chi connectivity index (χ3n) is 7.41. The van der Waals surface area contributed by atoms with Gasteiger partial charge in [0.2, 0.25) is 0 Å². The molecule has 0 saturated carbocycles. The second-order valence-corrected chi connectivity index (χ2v) is 10.5. The van der Waals surface area contributed by atoms with Crippen LogP contribution in [0.25, 0.3) is 22.4 Å². The summed E-state index contributed by atoms with van der Waals surface area (Å²) in [4.78, 5) is 13.2. The number of nitrogens with zero attached hydrogens (tertiary/aromatic N) is 5. The molecule has 7 nitrogen and oxygen atoms in total. The first-order valence-electron chi connectivity index (χ1n) is 12.3. The molecular weight excluding hydrogens is 455 g/mol. The van der Waals surface area contributed by atoms with Crippen molar-refractivity contribution >= 4 is 16.9 Å². The van der Waals surface area contributed by atoms with Gasteiger partial charge in [0.15, 0.2) is 5.65 Å². The van der Waals surface area contributed by atoms with Crippen LogP contribution >= 0.6 is 0 Å². The second-order valence-electron chi connectivity index (χ2n) is 10.5. The number of H-pyrrole nitrogens is 1. The van der Waals surface area contributed by atoms with E-state index in [1.54, 1.807) is 18.3 Å². The zero-order chi connectivity index (χ0) is 24.8. The van der Waals surface area contributed by atoms with Crippen LogP contribution in [0, 0.1) is 11.3 Å². The summed E-state index contributed by atoms with van der Waals surface area (Å²) in [6.07, 6.45) is 0.0874. The Bertz CT molecular complexity index is 1190. The predicted octanol–water partition coefficient (Wildman–Crippen LogP) is 4.81. The molecule has 0 aliphatic carbocycles. The summed E-state index contributed by atoms with van der Waals surface area (Å²) in [5, 5.41) is 7.31. The zero-order valence-corrected chi connectivity index (χ0v) is 20.1. The molecule has 3 N–H and O–H groups in total. The molecule has 0 spiro atoms. The van der Waals surface area contributed by atoms with Crippen molar-refractivity contribution < 1.29 is 16.0 Å². The highest BCUT2D eigenvalue weighted by Gasteiger charge is 2.45. The normalized spacial score (nSPS) is 19.5. The lowest BCUT2D eigenvalue weighted by Gasteiger charge is -2.55. The van der Waals surface area contributed by atoms with Crippen LogP contribution in [0.1, 0.15) is 41.5 Å². The van der Waals surface area contributed by atoms with Gasteiger partial charge < -0.3 is 10.6 Å². The van der Waals surface area contributed by atoms with Crippen LogP contribution in [0.3, 0.4) is 0 Å². The van der Waals surface area contributed by atoms with E-state index in [1.165, 1.54) is 6.07 Å². The number of anilines is 1. The Hall–Kier alpha value is -2.72. The summed E-state index contributed by atoms with van der Waals surface area (Å²) in [6, 6.07) is 6.47. The first-order valence-corrected chi connectivity index (χ1v) is 12.3. The number of hydrogen-bond donors (Lipinski definition) is 2. The molecule has 0 radical (unpaired) electrons. The van der Waals surface area contributed by atoms with Crippen LogP contribution in [0.4, 0.5) is 19.0 Å². The Morgan fingerprint density at radius 2 is 1.94 bits per heavy atom. The van der Waals surface area contributed by atoms with Gasteiger partial charge in [-0.25, -0.2) is 9.97 Å². The minimum absolute atomic E-state index is 0. The molecule has 192 valence electrons. The van der Waals surface area contributed by atoms with E-state index in [0.717, 1.165) is 58.1 Å². The predicted molar refractivity (Wildman–Crippen MR) is 134 cm³/mol. The van der Waals surface area contributed by atoms with E-state index in [0.29, 0.717) is 28.8 Å². The van der Waals surface area contributed by atoms with Gasteiger partial charge in [-0.3, -0.25) is 10.00 Å². The van der Waals surface area contributed by atoms with E-state index in [2.05, 4.69) is 43.8 Å². The lowest BCUT2D eigenvalue weighted by atomic mass is 9.72. The summed E-state index contributed by atoms with van der Waals surface area (Å²) in [5.41, 5.74) is 6.01. The van der Waals surface area contributed by atoms with Crippen molar-refractivity contribution in [2.45, 2.75) is 45.3 Å². The molecule has 3 aromatic heterocycles. The number of halogens is 3. The monoisotopic (exact) mass is 491 g/mol.